The van der Waals surface area contributed by atoms with E-state index in [4.69, 9.17) is 9.84 Å². The van der Waals surface area contributed by atoms with Gasteiger partial charge in [-0.25, -0.2) is 4.79 Å². The van der Waals surface area contributed by atoms with Crippen molar-refractivity contribution in [3.63, 3.8) is 0 Å². The smallest absolute Gasteiger partial charge is 0.329 e. The standard InChI is InChI=1S/C12H17NO4S/c1-12(2,9-4-3-5-18-9)8-13-10(14)6-17-7-11(15)16/h3-5H,6-8H2,1-2H3,(H,13,14)(H,15,16). The van der Waals surface area contributed by atoms with Gasteiger partial charge in [0.2, 0.25) is 5.91 Å². The summed E-state index contributed by atoms with van der Waals surface area (Å²) in [5.74, 6) is -1.39. The number of carbonyl (C=O) groups is 2. The molecule has 0 bridgehead atoms. The highest BCUT2D eigenvalue weighted by Crippen LogP contribution is 2.26. The van der Waals surface area contributed by atoms with Crippen LogP contribution in [0, 0.1) is 0 Å². The van der Waals surface area contributed by atoms with Crippen molar-refractivity contribution >= 4 is 23.2 Å². The Bertz CT molecular complexity index is 400. The molecule has 0 aliphatic heterocycles. The average Bonchev–Trinajstić information content (AvgIpc) is 2.80. The molecule has 1 aromatic rings. The van der Waals surface area contributed by atoms with Crippen LogP contribution in [0.4, 0.5) is 0 Å². The minimum absolute atomic E-state index is 0.142. The zero-order valence-electron chi connectivity index (χ0n) is 10.4. The van der Waals surface area contributed by atoms with E-state index in [-0.39, 0.29) is 17.9 Å². The van der Waals surface area contributed by atoms with Crippen LogP contribution in [0.1, 0.15) is 18.7 Å². The normalized spacial score (nSPS) is 11.2. The number of carboxylic acids is 1. The molecule has 2 N–H and O–H groups in total. The maximum atomic E-state index is 11.4. The molecular weight excluding hydrogens is 254 g/mol. The van der Waals surface area contributed by atoms with Crippen molar-refractivity contribution in [1.82, 2.24) is 5.32 Å². The molecule has 0 unspecified atom stereocenters. The molecular formula is C12H17NO4S. The van der Waals surface area contributed by atoms with E-state index in [1.54, 1.807) is 11.3 Å². The summed E-state index contributed by atoms with van der Waals surface area (Å²) in [6.45, 7) is 3.88. The summed E-state index contributed by atoms with van der Waals surface area (Å²) in [6.07, 6.45) is 0. The monoisotopic (exact) mass is 271 g/mol. The Labute approximate surface area is 110 Å². The number of amides is 1. The summed E-state index contributed by atoms with van der Waals surface area (Å²) in [6, 6.07) is 4.00. The number of hydrogen-bond donors (Lipinski definition) is 2. The first-order valence-electron chi connectivity index (χ1n) is 5.52. The molecule has 0 radical (unpaired) electrons. The van der Waals surface area contributed by atoms with Crippen molar-refractivity contribution in [3.05, 3.63) is 22.4 Å². The van der Waals surface area contributed by atoms with Crippen molar-refractivity contribution in [2.75, 3.05) is 19.8 Å². The second-order valence-corrected chi connectivity index (χ2v) is 5.47. The van der Waals surface area contributed by atoms with Gasteiger partial charge in [-0.3, -0.25) is 4.79 Å². The highest BCUT2D eigenvalue weighted by atomic mass is 32.1. The van der Waals surface area contributed by atoms with Crippen LogP contribution in [-0.4, -0.2) is 36.7 Å². The lowest BCUT2D eigenvalue weighted by atomic mass is 9.91. The van der Waals surface area contributed by atoms with E-state index in [2.05, 4.69) is 5.32 Å². The lowest BCUT2D eigenvalue weighted by Gasteiger charge is -2.23. The van der Waals surface area contributed by atoms with Gasteiger partial charge in [0.1, 0.15) is 13.2 Å². The van der Waals surface area contributed by atoms with Crippen LogP contribution in [0.5, 0.6) is 0 Å². The van der Waals surface area contributed by atoms with Crippen LogP contribution in [0.3, 0.4) is 0 Å². The topological polar surface area (TPSA) is 75.6 Å². The summed E-state index contributed by atoms with van der Waals surface area (Å²) in [7, 11) is 0. The summed E-state index contributed by atoms with van der Waals surface area (Å²) >= 11 is 1.64. The second kappa shape index (κ2) is 6.51. The molecule has 1 aromatic heterocycles. The number of carboxylic acid groups (broad SMARTS) is 1. The van der Waals surface area contributed by atoms with Gasteiger partial charge in [-0.15, -0.1) is 11.3 Å². The van der Waals surface area contributed by atoms with Gasteiger partial charge in [-0.1, -0.05) is 19.9 Å². The van der Waals surface area contributed by atoms with Crippen LogP contribution in [0.15, 0.2) is 17.5 Å². The fourth-order valence-electron chi connectivity index (χ4n) is 1.35. The molecule has 0 saturated carbocycles. The number of aliphatic carboxylic acids is 1. The predicted octanol–water partition coefficient (Wildman–Crippen LogP) is 1.24. The Hall–Kier alpha value is -1.40. The second-order valence-electron chi connectivity index (χ2n) is 4.52. The Balaban J connectivity index is 2.32. The number of carbonyl (C=O) groups excluding carboxylic acids is 1. The van der Waals surface area contributed by atoms with Gasteiger partial charge in [0.25, 0.3) is 0 Å². The van der Waals surface area contributed by atoms with Crippen molar-refractivity contribution in [2.45, 2.75) is 19.3 Å². The molecule has 1 rings (SSSR count). The van der Waals surface area contributed by atoms with E-state index in [0.717, 1.165) is 0 Å². The van der Waals surface area contributed by atoms with E-state index in [0.29, 0.717) is 6.54 Å². The van der Waals surface area contributed by atoms with Crippen LogP contribution in [0.2, 0.25) is 0 Å². The van der Waals surface area contributed by atoms with Crippen LogP contribution >= 0.6 is 11.3 Å². The average molecular weight is 271 g/mol. The predicted molar refractivity (Wildman–Crippen MR) is 68.8 cm³/mol. The van der Waals surface area contributed by atoms with Gasteiger partial charge in [0.05, 0.1) is 0 Å². The van der Waals surface area contributed by atoms with Crippen molar-refractivity contribution in [2.24, 2.45) is 0 Å². The molecule has 0 aliphatic rings. The number of thiophene rings is 1. The number of hydrogen-bond acceptors (Lipinski definition) is 4. The van der Waals surface area contributed by atoms with Crippen LogP contribution in [0.25, 0.3) is 0 Å². The lowest BCUT2D eigenvalue weighted by Crippen LogP contribution is -2.38. The molecule has 0 aromatic carbocycles. The Morgan fingerprint density at radius 1 is 1.44 bits per heavy atom. The molecule has 6 heteroatoms. The highest BCUT2D eigenvalue weighted by molar-refractivity contribution is 7.10. The third kappa shape index (κ3) is 4.85. The third-order valence-corrected chi connectivity index (χ3v) is 3.61. The van der Waals surface area contributed by atoms with E-state index >= 15 is 0 Å². The van der Waals surface area contributed by atoms with Crippen LogP contribution < -0.4 is 5.32 Å². The molecule has 18 heavy (non-hydrogen) atoms. The summed E-state index contributed by atoms with van der Waals surface area (Å²) in [4.78, 5) is 22.8. The fraction of sp³-hybridized carbons (Fsp3) is 0.500. The summed E-state index contributed by atoms with van der Waals surface area (Å²) in [5, 5.41) is 13.1. The maximum Gasteiger partial charge on any atom is 0.329 e. The van der Waals surface area contributed by atoms with E-state index in [1.165, 1.54) is 4.88 Å². The Morgan fingerprint density at radius 2 is 2.17 bits per heavy atom. The van der Waals surface area contributed by atoms with Crippen molar-refractivity contribution < 1.29 is 19.4 Å². The van der Waals surface area contributed by atoms with Crippen molar-refractivity contribution in [3.8, 4) is 0 Å². The van der Waals surface area contributed by atoms with Crippen LogP contribution in [-0.2, 0) is 19.7 Å². The first-order valence-corrected chi connectivity index (χ1v) is 6.40. The SMILES string of the molecule is CC(C)(CNC(=O)COCC(=O)O)c1cccs1. The van der Waals surface area contributed by atoms with Gasteiger partial charge in [-0.2, -0.15) is 0 Å². The molecule has 1 heterocycles. The molecule has 0 atom stereocenters. The quantitative estimate of drug-likeness (QED) is 0.782. The molecule has 0 aliphatic carbocycles. The zero-order valence-corrected chi connectivity index (χ0v) is 11.3. The molecule has 0 fully saturated rings. The Kier molecular flexibility index (Phi) is 5.30. The minimum Gasteiger partial charge on any atom is -0.480 e. The summed E-state index contributed by atoms with van der Waals surface area (Å²) < 4.78 is 4.70. The molecule has 1 amide bonds. The minimum atomic E-state index is -1.08. The van der Waals surface area contributed by atoms with Crippen molar-refractivity contribution in [1.29, 1.82) is 0 Å². The molecule has 0 spiro atoms. The van der Waals surface area contributed by atoms with Gasteiger partial charge >= 0.3 is 5.97 Å². The van der Waals surface area contributed by atoms with E-state index < -0.39 is 12.6 Å². The number of nitrogens with one attached hydrogen (secondary N) is 1. The maximum absolute atomic E-state index is 11.4. The van der Waals surface area contributed by atoms with Gasteiger partial charge in [-0.05, 0) is 11.4 Å². The van der Waals surface area contributed by atoms with E-state index in [1.807, 2.05) is 31.4 Å². The van der Waals surface area contributed by atoms with Gasteiger partial charge in [0.15, 0.2) is 0 Å². The number of rotatable bonds is 7. The van der Waals surface area contributed by atoms with Gasteiger partial charge < -0.3 is 15.2 Å². The largest absolute Gasteiger partial charge is 0.480 e. The fourth-order valence-corrected chi connectivity index (χ4v) is 2.20. The first kappa shape index (κ1) is 14.7. The third-order valence-electron chi connectivity index (χ3n) is 2.37. The highest BCUT2D eigenvalue weighted by Gasteiger charge is 2.22. The summed E-state index contributed by atoms with van der Waals surface area (Å²) in [5.41, 5.74) is -0.142. The molecule has 0 saturated heterocycles. The van der Waals surface area contributed by atoms with Gasteiger partial charge in [0, 0.05) is 16.8 Å². The molecule has 100 valence electrons. The number of ether oxygens (including phenoxy) is 1. The zero-order chi connectivity index (χ0) is 13.6. The van der Waals surface area contributed by atoms with E-state index in [9.17, 15) is 9.59 Å². The molecule has 5 nitrogen and oxygen atoms in total. The lowest BCUT2D eigenvalue weighted by molar-refractivity contribution is -0.143. The first-order chi connectivity index (χ1) is 8.42. The Morgan fingerprint density at radius 3 is 2.72 bits per heavy atom.